The molecule has 0 radical (unpaired) electrons. The highest BCUT2D eigenvalue weighted by atomic mass is 19.1. The molecule has 3 N–H and O–H groups in total. The third-order valence-corrected chi connectivity index (χ3v) is 3.68. The molecule has 0 amide bonds. The Labute approximate surface area is 160 Å². The van der Waals surface area contributed by atoms with Gasteiger partial charge in [-0.3, -0.25) is 0 Å². The number of halogens is 1. The second-order valence-corrected chi connectivity index (χ2v) is 6.07. The zero-order chi connectivity index (χ0) is 19.9. The van der Waals surface area contributed by atoms with Gasteiger partial charge in [0, 0.05) is 0 Å². The minimum absolute atomic E-state index is 0.0762. The molecule has 3 atom stereocenters. The first-order valence-electron chi connectivity index (χ1n) is 9.13. The fourth-order valence-electron chi connectivity index (χ4n) is 2.11. The molecule has 0 heterocycles. The van der Waals surface area contributed by atoms with E-state index in [4.69, 9.17) is 4.74 Å². The van der Waals surface area contributed by atoms with E-state index in [9.17, 15) is 19.7 Å². The van der Waals surface area contributed by atoms with Crippen LogP contribution in [0.25, 0.3) is 0 Å². The van der Waals surface area contributed by atoms with Crippen LogP contribution in [0.2, 0.25) is 0 Å². The molecule has 0 aliphatic rings. The zero-order valence-electron chi connectivity index (χ0n) is 15.6. The number of rotatable bonds is 12. The molecule has 0 aromatic heterocycles. The van der Waals surface area contributed by atoms with Gasteiger partial charge >= 0.3 is 0 Å². The van der Waals surface area contributed by atoms with Gasteiger partial charge in [0.2, 0.25) is 0 Å². The molecular weight excluding hydrogens is 347 g/mol. The fraction of sp³-hybridized carbons (Fsp3) is 0.364. The van der Waals surface area contributed by atoms with E-state index in [0.29, 0.717) is 12.2 Å². The molecule has 4 nitrogen and oxygen atoms in total. The quantitative estimate of drug-likeness (QED) is 0.487. The average molecular weight is 376 g/mol. The molecule has 1 aromatic rings. The molecule has 0 unspecified atom stereocenters. The van der Waals surface area contributed by atoms with Crippen LogP contribution < -0.4 is 4.74 Å². The van der Waals surface area contributed by atoms with E-state index in [1.54, 1.807) is 48.6 Å². The van der Waals surface area contributed by atoms with E-state index >= 15 is 0 Å². The molecule has 0 aliphatic carbocycles. The van der Waals surface area contributed by atoms with Gasteiger partial charge in [0.25, 0.3) is 0 Å². The second kappa shape index (κ2) is 13.9. The number of aliphatic hydroxyl groups excluding tert-OH is 3. The van der Waals surface area contributed by atoms with Crippen molar-refractivity contribution in [3.8, 4) is 5.75 Å². The number of hydrogen-bond acceptors (Lipinski definition) is 4. The Kier molecular flexibility index (Phi) is 11.8. The van der Waals surface area contributed by atoms with E-state index in [-0.39, 0.29) is 12.4 Å². The Morgan fingerprint density at radius 1 is 0.926 bits per heavy atom. The Balaban J connectivity index is 2.25. The van der Waals surface area contributed by atoms with Gasteiger partial charge in [-0.1, -0.05) is 68.4 Å². The summed E-state index contributed by atoms with van der Waals surface area (Å²) >= 11 is 0. The van der Waals surface area contributed by atoms with Crippen molar-refractivity contribution in [2.75, 3.05) is 6.61 Å². The Bertz CT molecular complexity index is 620. The van der Waals surface area contributed by atoms with Crippen molar-refractivity contribution in [2.45, 2.75) is 44.5 Å². The number of unbranched alkanes of at least 4 members (excludes halogenated alkanes) is 1. The van der Waals surface area contributed by atoms with Crippen molar-refractivity contribution < 1.29 is 24.4 Å². The zero-order valence-corrected chi connectivity index (χ0v) is 15.6. The maximum absolute atomic E-state index is 12.8. The minimum Gasteiger partial charge on any atom is -0.491 e. The van der Waals surface area contributed by atoms with Crippen molar-refractivity contribution in [1.82, 2.24) is 0 Å². The Morgan fingerprint density at radius 2 is 1.52 bits per heavy atom. The summed E-state index contributed by atoms with van der Waals surface area (Å²) in [5, 5.41) is 29.2. The van der Waals surface area contributed by atoms with Crippen LogP contribution in [0.4, 0.5) is 4.39 Å². The molecule has 1 aromatic carbocycles. The van der Waals surface area contributed by atoms with Gasteiger partial charge in [-0.25, -0.2) is 4.39 Å². The number of allylic oxidation sites excluding steroid dienone is 6. The van der Waals surface area contributed by atoms with Crippen LogP contribution in [-0.4, -0.2) is 40.2 Å². The van der Waals surface area contributed by atoms with E-state index in [1.165, 1.54) is 24.3 Å². The van der Waals surface area contributed by atoms with Crippen molar-refractivity contribution in [1.29, 1.82) is 0 Å². The highest BCUT2D eigenvalue weighted by Crippen LogP contribution is 2.11. The maximum atomic E-state index is 12.8. The number of hydrogen-bond donors (Lipinski definition) is 3. The first-order valence-corrected chi connectivity index (χ1v) is 9.13. The molecule has 0 fully saturated rings. The third kappa shape index (κ3) is 11.2. The van der Waals surface area contributed by atoms with Crippen LogP contribution in [0, 0.1) is 5.82 Å². The first kappa shape index (κ1) is 22.8. The molecule has 1 rings (SSSR count). The molecule has 5 heteroatoms. The Hall–Kier alpha value is -2.21. The molecule has 0 spiro atoms. The molecule has 27 heavy (non-hydrogen) atoms. The highest BCUT2D eigenvalue weighted by Gasteiger charge is 2.11. The lowest BCUT2D eigenvalue weighted by Gasteiger charge is -2.13. The first-order chi connectivity index (χ1) is 13.0. The average Bonchev–Trinajstić information content (AvgIpc) is 2.67. The van der Waals surface area contributed by atoms with Gasteiger partial charge in [-0.15, -0.1) is 0 Å². The van der Waals surface area contributed by atoms with E-state index in [0.717, 1.165) is 12.8 Å². The lowest BCUT2D eigenvalue weighted by Crippen LogP contribution is -2.23. The summed E-state index contributed by atoms with van der Waals surface area (Å²) in [5.41, 5.74) is 0. The van der Waals surface area contributed by atoms with Gasteiger partial charge in [0.05, 0.1) is 12.2 Å². The van der Waals surface area contributed by atoms with Gasteiger partial charge in [-0.05, 0) is 30.7 Å². The topological polar surface area (TPSA) is 69.9 Å². The largest absolute Gasteiger partial charge is 0.491 e. The van der Waals surface area contributed by atoms with Crippen molar-refractivity contribution in [2.24, 2.45) is 0 Å². The Morgan fingerprint density at radius 3 is 2.15 bits per heavy atom. The predicted molar refractivity (Wildman–Crippen MR) is 106 cm³/mol. The van der Waals surface area contributed by atoms with Crippen molar-refractivity contribution in [3.63, 3.8) is 0 Å². The molecule has 0 bridgehead atoms. The lowest BCUT2D eigenvalue weighted by molar-refractivity contribution is 0.0418. The van der Waals surface area contributed by atoms with Gasteiger partial charge in [0.15, 0.2) is 0 Å². The van der Waals surface area contributed by atoms with E-state index < -0.39 is 18.3 Å². The normalized spacial score (nSPS) is 15.9. The van der Waals surface area contributed by atoms with Crippen LogP contribution in [0.3, 0.4) is 0 Å². The molecule has 0 saturated carbocycles. The molecular formula is C22H29FO4. The van der Waals surface area contributed by atoms with Gasteiger partial charge in [0.1, 0.15) is 24.3 Å². The van der Waals surface area contributed by atoms with Crippen LogP contribution in [0.15, 0.2) is 72.9 Å². The van der Waals surface area contributed by atoms with Crippen LogP contribution in [0.5, 0.6) is 5.75 Å². The summed E-state index contributed by atoms with van der Waals surface area (Å²) in [7, 11) is 0. The molecule has 148 valence electrons. The minimum atomic E-state index is -0.860. The standard InChI is InChI=1S/C22H29FO4/c1-2-3-11-21(25)22(26)12-9-7-5-4-6-8-10-19(24)17-27-20-15-13-18(23)14-16-20/h4-10,12-16,19,21-22,24-26H,2-3,11,17H2,1H3/b6-4-,7-5+,10-8+,12-9+/t19-,21-,22+/m0/s1. The van der Waals surface area contributed by atoms with Crippen molar-refractivity contribution >= 4 is 0 Å². The summed E-state index contributed by atoms with van der Waals surface area (Å²) in [6.45, 7) is 2.11. The van der Waals surface area contributed by atoms with Crippen LogP contribution >= 0.6 is 0 Å². The van der Waals surface area contributed by atoms with Gasteiger partial charge < -0.3 is 20.1 Å². The van der Waals surface area contributed by atoms with Crippen LogP contribution in [-0.2, 0) is 0 Å². The van der Waals surface area contributed by atoms with E-state index in [1.807, 2.05) is 6.92 Å². The summed E-state index contributed by atoms with van der Waals surface area (Å²) in [5.74, 6) is 0.161. The predicted octanol–water partition coefficient (Wildman–Crippen LogP) is 3.70. The highest BCUT2D eigenvalue weighted by molar-refractivity contribution is 5.22. The molecule has 0 aliphatic heterocycles. The number of ether oxygens (including phenoxy) is 1. The lowest BCUT2D eigenvalue weighted by atomic mass is 10.1. The summed E-state index contributed by atoms with van der Waals surface area (Å²) in [4.78, 5) is 0. The summed E-state index contributed by atoms with van der Waals surface area (Å²) in [6.07, 6.45) is 13.6. The third-order valence-electron chi connectivity index (χ3n) is 3.68. The van der Waals surface area contributed by atoms with E-state index in [2.05, 4.69) is 0 Å². The summed E-state index contributed by atoms with van der Waals surface area (Å²) in [6, 6.07) is 5.60. The number of benzene rings is 1. The fourth-order valence-corrected chi connectivity index (χ4v) is 2.11. The van der Waals surface area contributed by atoms with Crippen LogP contribution in [0.1, 0.15) is 26.2 Å². The SMILES string of the molecule is CCCC[C@H](O)[C@H](O)/C=C/C=C/C=C\C=C\[C@H](O)COc1ccc(F)cc1. The van der Waals surface area contributed by atoms with Crippen molar-refractivity contribution in [3.05, 3.63) is 78.7 Å². The smallest absolute Gasteiger partial charge is 0.123 e. The summed E-state index contributed by atoms with van der Waals surface area (Å²) < 4.78 is 18.1. The van der Waals surface area contributed by atoms with Gasteiger partial charge in [-0.2, -0.15) is 0 Å². The monoisotopic (exact) mass is 376 g/mol. The second-order valence-electron chi connectivity index (χ2n) is 6.07. The maximum Gasteiger partial charge on any atom is 0.123 e. The number of aliphatic hydroxyl groups is 3. The molecule has 0 saturated heterocycles.